The van der Waals surface area contributed by atoms with E-state index < -0.39 is 102 Å². The van der Waals surface area contributed by atoms with E-state index in [0.717, 1.165) is 18.4 Å². The van der Waals surface area contributed by atoms with Crippen LogP contribution in [0.3, 0.4) is 0 Å². The zero-order valence-electron chi connectivity index (χ0n) is 47.4. The molecule has 3 fully saturated rings. The molecule has 430 valence electrons. The second kappa shape index (κ2) is 29.3. The lowest BCUT2D eigenvalue weighted by atomic mass is 9.69. The number of nitrogens with one attached hydrogen (secondary N) is 4. The van der Waals surface area contributed by atoms with Crippen molar-refractivity contribution in [2.45, 2.75) is 207 Å². The third-order valence-corrected chi connectivity index (χ3v) is 16.9. The number of rotatable bonds is 15. The first-order valence-corrected chi connectivity index (χ1v) is 28.6. The first-order valence-electron chi connectivity index (χ1n) is 28.6. The third kappa shape index (κ3) is 16.6. The minimum Gasteiger partial charge on any atom is -0.508 e. The van der Waals surface area contributed by atoms with Crippen molar-refractivity contribution in [3.8, 4) is 5.75 Å². The van der Waals surface area contributed by atoms with Gasteiger partial charge in [0, 0.05) is 55.4 Å². The molecule has 0 aromatic heterocycles. The maximum atomic E-state index is 14.5. The number of fused-ring (bicyclic) bond motifs is 2. The van der Waals surface area contributed by atoms with Gasteiger partial charge < -0.3 is 51.0 Å². The van der Waals surface area contributed by atoms with Crippen molar-refractivity contribution in [2.75, 3.05) is 6.54 Å². The Morgan fingerprint density at radius 2 is 1.69 bits per heavy atom. The highest BCUT2D eigenvalue weighted by molar-refractivity contribution is 5.93. The number of amides is 4. The third-order valence-electron chi connectivity index (χ3n) is 16.9. The molecule has 17 heteroatoms. The van der Waals surface area contributed by atoms with Crippen LogP contribution < -0.4 is 21.4 Å². The van der Waals surface area contributed by atoms with Crippen LogP contribution in [0.1, 0.15) is 145 Å². The lowest BCUT2D eigenvalue weighted by Crippen LogP contribution is -2.71. The fourth-order valence-corrected chi connectivity index (χ4v) is 11.4. The Kier molecular flexibility index (Phi) is 24.0. The minimum absolute atomic E-state index is 0.0161. The van der Waals surface area contributed by atoms with E-state index in [1.165, 1.54) is 23.2 Å². The molecule has 77 heavy (non-hydrogen) atoms. The SMILES string of the molecule is CCCCC1C(=O)N[C@@H](C(C)C)C(=O)N[C@@H](Cc2cccc(O)c2)C(=O)N2CCC[C@H](N2)C(=O)O[C@H](/C(C)=C/C=C/CC[C@H](C)[C@@H](O)C[C@@H]2O[C@@]3(NC(=O)[C@@H](CC)C[C@@H]3C)[C@@H](C)[C@@H](O)[C@H]2C)C/C=C/C=C/[C@H](O)[C@H](C)[C@H]1O. The molecule has 4 aliphatic rings. The van der Waals surface area contributed by atoms with E-state index in [4.69, 9.17) is 9.47 Å². The second-order valence-corrected chi connectivity index (χ2v) is 23.1. The van der Waals surface area contributed by atoms with Gasteiger partial charge in [-0.1, -0.05) is 130 Å². The van der Waals surface area contributed by atoms with Crippen LogP contribution in [0.15, 0.2) is 72.4 Å². The normalized spacial score (nSPS) is 35.3. The fraction of sp³-hybridized carbons (Fsp3) is 0.683. The predicted molar refractivity (Wildman–Crippen MR) is 295 cm³/mol. The number of benzene rings is 1. The maximum Gasteiger partial charge on any atom is 0.325 e. The number of cyclic esters (lactones) is 1. The van der Waals surface area contributed by atoms with Crippen molar-refractivity contribution in [1.82, 2.24) is 26.4 Å². The van der Waals surface area contributed by atoms with Crippen LogP contribution >= 0.6 is 0 Å². The molecule has 3 saturated heterocycles. The van der Waals surface area contributed by atoms with Crippen LogP contribution in [-0.2, 0) is 39.9 Å². The van der Waals surface area contributed by atoms with Crippen LogP contribution in [0.4, 0.5) is 0 Å². The van der Waals surface area contributed by atoms with Gasteiger partial charge in [0.25, 0.3) is 5.91 Å². The standard InChI is InChI=1S/C60H93N5O12/c1-11-13-26-45-54(70)39(8)48(67)28-18-15-19-29-50(37(6)23-17-14-16-22-36(5)49(68)34-51-40(9)53(69)41(10)60(77-51)38(7)31-43(12-2)55(71)63-60)76-59(75)46-27-21-30-65(64-46)58(74)47(33-42-24-20-25-44(66)32-42)61-57(73)52(35(3)4)62-56(45)72/h14-15,17-20,23-25,28,32,35-36,38-41,43,45-54,64,66-70H,11-13,16,21-22,26-27,29-31,33-34H2,1-10H3,(H,61,73)(H,62,72)(H,63,71)/b17-14+,19-15+,28-18+,37-23+/t36-,38-,39-,40-,41-,43-,45?,46-,47-,48-,49-,50-,51-,52-,53-,54+,60+/m0/s1. The van der Waals surface area contributed by atoms with Gasteiger partial charge in [0.2, 0.25) is 17.7 Å². The van der Waals surface area contributed by atoms with Gasteiger partial charge in [0.15, 0.2) is 0 Å². The van der Waals surface area contributed by atoms with Gasteiger partial charge in [-0.05, 0) is 87.0 Å². The summed E-state index contributed by atoms with van der Waals surface area (Å²) in [6.45, 7) is 19.2. The number of piperidine rings is 1. The molecule has 1 spiro atoms. The topological polar surface area (TPSA) is 256 Å². The number of unbranched alkanes of at least 4 members (excludes halogenated alkanes) is 1. The van der Waals surface area contributed by atoms with E-state index in [9.17, 15) is 49.5 Å². The molecule has 1 aromatic rings. The van der Waals surface area contributed by atoms with Crippen LogP contribution in [0, 0.1) is 47.3 Å². The Morgan fingerprint density at radius 3 is 2.38 bits per heavy atom. The summed E-state index contributed by atoms with van der Waals surface area (Å²) in [5, 5.41) is 66.3. The second-order valence-electron chi connectivity index (χ2n) is 23.1. The summed E-state index contributed by atoms with van der Waals surface area (Å²) in [5.74, 6) is -5.33. The number of aliphatic hydroxyl groups is 4. The van der Waals surface area contributed by atoms with Gasteiger partial charge in [-0.25, -0.2) is 5.43 Å². The molecule has 4 aliphatic heterocycles. The average molecular weight is 1080 g/mol. The quantitative estimate of drug-likeness (QED) is 0.0699. The van der Waals surface area contributed by atoms with Crippen LogP contribution in [0.2, 0.25) is 0 Å². The van der Waals surface area contributed by atoms with Crippen LogP contribution in [0.5, 0.6) is 5.75 Å². The smallest absolute Gasteiger partial charge is 0.325 e. The summed E-state index contributed by atoms with van der Waals surface area (Å²) in [5.41, 5.74) is 3.36. The van der Waals surface area contributed by atoms with Crippen molar-refractivity contribution >= 4 is 29.6 Å². The molecular weight excluding hydrogens is 983 g/mol. The number of aliphatic hydroxyl groups excluding tert-OH is 4. The monoisotopic (exact) mass is 1080 g/mol. The van der Waals surface area contributed by atoms with Crippen molar-refractivity contribution in [2.24, 2.45) is 47.3 Å². The number of esters is 1. The number of hydrogen-bond donors (Lipinski definition) is 9. The van der Waals surface area contributed by atoms with E-state index in [1.807, 2.05) is 65.8 Å². The number of carbonyl (C=O) groups is 5. The molecule has 4 heterocycles. The van der Waals surface area contributed by atoms with E-state index in [0.29, 0.717) is 56.9 Å². The Morgan fingerprint density at radius 1 is 0.948 bits per heavy atom. The number of aromatic hydroxyl groups is 1. The molecule has 5 rings (SSSR count). The lowest BCUT2D eigenvalue weighted by molar-refractivity contribution is -0.267. The Labute approximate surface area is 457 Å². The molecule has 0 saturated carbocycles. The number of phenols is 1. The number of phenolic OH excluding ortho intramolecular Hbond substituents is 1. The largest absolute Gasteiger partial charge is 0.508 e. The average Bonchev–Trinajstić information content (AvgIpc) is 3.40. The van der Waals surface area contributed by atoms with Gasteiger partial charge >= 0.3 is 5.97 Å². The van der Waals surface area contributed by atoms with E-state index in [2.05, 4.69) is 28.3 Å². The van der Waals surface area contributed by atoms with Crippen molar-refractivity contribution in [3.05, 3.63) is 77.9 Å². The molecule has 17 nitrogen and oxygen atoms in total. The summed E-state index contributed by atoms with van der Waals surface area (Å²) >= 11 is 0. The summed E-state index contributed by atoms with van der Waals surface area (Å²) in [4.78, 5) is 70.0. The van der Waals surface area contributed by atoms with E-state index >= 15 is 0 Å². The summed E-state index contributed by atoms with van der Waals surface area (Å²) in [6.07, 6.45) is 13.1. The number of hydrazine groups is 1. The summed E-state index contributed by atoms with van der Waals surface area (Å²) < 4.78 is 12.9. The van der Waals surface area contributed by atoms with Gasteiger partial charge in [0.05, 0.1) is 36.4 Å². The van der Waals surface area contributed by atoms with Crippen molar-refractivity contribution < 1.29 is 59.0 Å². The van der Waals surface area contributed by atoms with Crippen LogP contribution in [0.25, 0.3) is 0 Å². The van der Waals surface area contributed by atoms with E-state index in [-0.39, 0.29) is 60.6 Å². The zero-order chi connectivity index (χ0) is 56.7. The Balaban J connectivity index is 1.34. The highest BCUT2D eigenvalue weighted by Crippen LogP contribution is 2.46. The number of nitrogens with zero attached hydrogens (tertiary/aromatic N) is 1. The molecule has 17 atom stereocenters. The van der Waals surface area contributed by atoms with E-state index in [1.54, 1.807) is 45.1 Å². The van der Waals surface area contributed by atoms with Gasteiger partial charge in [-0.2, -0.15) is 0 Å². The molecular formula is C60H93N5O12. The van der Waals surface area contributed by atoms with Crippen LogP contribution in [-0.4, -0.2) is 127 Å². The fourth-order valence-electron chi connectivity index (χ4n) is 11.4. The molecule has 0 aliphatic carbocycles. The van der Waals surface area contributed by atoms with Crippen molar-refractivity contribution in [1.29, 1.82) is 0 Å². The first-order chi connectivity index (χ1) is 36.5. The van der Waals surface area contributed by atoms with Gasteiger partial charge in [-0.3, -0.25) is 29.0 Å². The molecule has 2 bridgehead atoms. The lowest BCUT2D eigenvalue weighted by Gasteiger charge is -2.56. The molecule has 1 unspecified atom stereocenters. The highest BCUT2D eigenvalue weighted by atomic mass is 16.5. The predicted octanol–water partition coefficient (Wildman–Crippen LogP) is 6.23. The highest BCUT2D eigenvalue weighted by Gasteiger charge is 2.57. The first kappa shape index (κ1) is 62.9. The molecule has 0 radical (unpaired) electrons. The summed E-state index contributed by atoms with van der Waals surface area (Å²) in [6, 6.07) is 3.16. The summed E-state index contributed by atoms with van der Waals surface area (Å²) in [7, 11) is 0. The Hall–Kier alpha value is -4.91. The molecule has 9 N–H and O–H groups in total. The number of ether oxygens (including phenoxy) is 2. The van der Waals surface area contributed by atoms with Gasteiger partial charge in [0.1, 0.15) is 35.7 Å². The Bertz CT molecular complexity index is 2250. The molecule has 1 aromatic carbocycles. The van der Waals surface area contributed by atoms with Gasteiger partial charge in [-0.15, -0.1) is 0 Å². The number of carbonyl (C=O) groups excluding carboxylic acids is 5. The zero-order valence-corrected chi connectivity index (χ0v) is 47.4. The van der Waals surface area contributed by atoms with Crippen molar-refractivity contribution in [3.63, 3.8) is 0 Å². The maximum absolute atomic E-state index is 14.5. The minimum atomic E-state index is -1.27. The number of allylic oxidation sites excluding steroid dienone is 5. The number of hydrogen-bond acceptors (Lipinski definition) is 13. The molecule has 4 amide bonds.